The maximum Gasteiger partial charge on any atom is 0.418 e. The first-order chi connectivity index (χ1) is 14.2. The van der Waals surface area contributed by atoms with Gasteiger partial charge in [0.1, 0.15) is 11.7 Å². The lowest BCUT2D eigenvalue weighted by molar-refractivity contribution is -0.137. The number of anilines is 1. The molecule has 156 valence electrons. The number of carbonyl (C=O) groups excluding carboxylic acids is 2. The topological polar surface area (TPSA) is 62.3 Å². The van der Waals surface area contributed by atoms with Crippen molar-refractivity contribution in [3.63, 3.8) is 0 Å². The average Bonchev–Trinajstić information content (AvgIpc) is 2.70. The molecule has 0 aliphatic carbocycles. The van der Waals surface area contributed by atoms with E-state index in [0.29, 0.717) is 21.6 Å². The number of pyridine rings is 1. The van der Waals surface area contributed by atoms with Crippen molar-refractivity contribution in [3.05, 3.63) is 70.9 Å². The zero-order valence-corrected chi connectivity index (χ0v) is 16.6. The van der Waals surface area contributed by atoms with Crippen molar-refractivity contribution in [2.45, 2.75) is 13.1 Å². The second kappa shape index (κ2) is 8.71. The Kier molecular flexibility index (Phi) is 6.26. The molecule has 1 heterocycles. The molecule has 1 aromatic heterocycles. The van der Waals surface area contributed by atoms with Gasteiger partial charge in [-0.25, -0.2) is 4.98 Å². The zero-order chi connectivity index (χ0) is 21.9. The number of alkyl halides is 3. The van der Waals surface area contributed by atoms with Gasteiger partial charge in [-0.2, -0.15) is 13.2 Å². The Balaban J connectivity index is 1.76. The molecular formula is C21H17ClF3N3O2. The van der Waals surface area contributed by atoms with Gasteiger partial charge in [0.15, 0.2) is 0 Å². The highest BCUT2D eigenvalue weighted by atomic mass is 35.5. The number of nitrogens with zero attached hydrogens (tertiary/aromatic N) is 2. The number of rotatable bonds is 5. The molecule has 5 nitrogen and oxygen atoms in total. The van der Waals surface area contributed by atoms with E-state index in [-0.39, 0.29) is 12.2 Å². The van der Waals surface area contributed by atoms with E-state index >= 15 is 0 Å². The summed E-state index contributed by atoms with van der Waals surface area (Å²) in [5.74, 6) is -1.15. The van der Waals surface area contributed by atoms with Crippen molar-refractivity contribution in [2.75, 3.05) is 18.4 Å². The number of hydrogen-bond donors (Lipinski definition) is 1. The van der Waals surface area contributed by atoms with Gasteiger partial charge in [0.25, 0.3) is 5.91 Å². The molecule has 3 aromatic rings. The van der Waals surface area contributed by atoms with E-state index in [9.17, 15) is 22.8 Å². The van der Waals surface area contributed by atoms with Crippen LogP contribution in [0.3, 0.4) is 0 Å². The second-order valence-corrected chi connectivity index (χ2v) is 6.84. The highest BCUT2D eigenvalue weighted by Crippen LogP contribution is 2.34. The standard InChI is InChI=1S/C21H17ClF3N3O2/c1-2-28(12-19(29)27-17-6-4-3-5-15(17)21(23,24)25)20(30)14-7-9-16-13(11-14)8-10-18(22)26-16/h3-11H,2,12H2,1H3,(H,27,29). The van der Waals surface area contributed by atoms with Crippen LogP contribution in [0.25, 0.3) is 10.9 Å². The minimum absolute atomic E-state index is 0.198. The molecule has 1 N–H and O–H groups in total. The quantitative estimate of drug-likeness (QED) is 0.573. The first-order valence-corrected chi connectivity index (χ1v) is 9.38. The smallest absolute Gasteiger partial charge is 0.330 e. The van der Waals surface area contributed by atoms with Gasteiger partial charge >= 0.3 is 6.18 Å². The van der Waals surface area contributed by atoms with Crippen molar-refractivity contribution in [1.29, 1.82) is 0 Å². The van der Waals surface area contributed by atoms with Crippen LogP contribution in [0.15, 0.2) is 54.6 Å². The molecule has 0 aliphatic rings. The fourth-order valence-electron chi connectivity index (χ4n) is 2.95. The SMILES string of the molecule is CCN(CC(=O)Nc1ccccc1C(F)(F)F)C(=O)c1ccc2nc(Cl)ccc2c1. The summed E-state index contributed by atoms with van der Waals surface area (Å²) in [7, 11) is 0. The third kappa shape index (κ3) is 4.88. The van der Waals surface area contributed by atoms with Gasteiger partial charge in [0.05, 0.1) is 16.8 Å². The summed E-state index contributed by atoms with van der Waals surface area (Å²) in [6.07, 6.45) is -4.60. The number of hydrogen-bond acceptors (Lipinski definition) is 3. The summed E-state index contributed by atoms with van der Waals surface area (Å²) in [4.78, 5) is 30.6. The Morgan fingerprint density at radius 2 is 1.83 bits per heavy atom. The number of amides is 2. The highest BCUT2D eigenvalue weighted by molar-refractivity contribution is 6.29. The molecule has 2 aromatic carbocycles. The van der Waals surface area contributed by atoms with E-state index in [0.717, 1.165) is 6.07 Å². The monoisotopic (exact) mass is 435 g/mol. The van der Waals surface area contributed by atoms with Crippen LogP contribution in [0.5, 0.6) is 0 Å². The lowest BCUT2D eigenvalue weighted by Gasteiger charge is -2.21. The van der Waals surface area contributed by atoms with E-state index < -0.39 is 30.1 Å². The summed E-state index contributed by atoms with van der Waals surface area (Å²) in [5, 5.41) is 3.27. The van der Waals surface area contributed by atoms with Crippen LogP contribution >= 0.6 is 11.6 Å². The maximum absolute atomic E-state index is 13.1. The molecular weight excluding hydrogens is 419 g/mol. The van der Waals surface area contributed by atoms with Crippen LogP contribution < -0.4 is 5.32 Å². The van der Waals surface area contributed by atoms with Crippen molar-refractivity contribution in [1.82, 2.24) is 9.88 Å². The number of carbonyl (C=O) groups is 2. The molecule has 0 unspecified atom stereocenters. The summed E-state index contributed by atoms with van der Waals surface area (Å²) in [6.45, 7) is 1.49. The molecule has 0 aliphatic heterocycles. The Labute approximate surface area is 175 Å². The number of fused-ring (bicyclic) bond motifs is 1. The van der Waals surface area contributed by atoms with Gasteiger partial charge in [-0.1, -0.05) is 23.7 Å². The number of benzene rings is 2. The number of aromatic nitrogens is 1. The first-order valence-electron chi connectivity index (χ1n) is 9.00. The van der Waals surface area contributed by atoms with E-state index in [4.69, 9.17) is 11.6 Å². The molecule has 0 bridgehead atoms. The summed E-state index contributed by atoms with van der Waals surface area (Å²) < 4.78 is 39.3. The lowest BCUT2D eigenvalue weighted by atomic mass is 10.1. The summed E-state index contributed by atoms with van der Waals surface area (Å²) in [6, 6.07) is 12.8. The van der Waals surface area contributed by atoms with Crippen LogP contribution in [0, 0.1) is 0 Å². The lowest BCUT2D eigenvalue weighted by Crippen LogP contribution is -2.38. The molecule has 0 spiro atoms. The van der Waals surface area contributed by atoms with E-state index in [2.05, 4.69) is 10.3 Å². The van der Waals surface area contributed by atoms with Gasteiger partial charge in [-0.05, 0) is 49.4 Å². The zero-order valence-electron chi connectivity index (χ0n) is 15.8. The van der Waals surface area contributed by atoms with Crippen LogP contribution in [0.2, 0.25) is 5.15 Å². The number of halogens is 4. The van der Waals surface area contributed by atoms with Crippen molar-refractivity contribution >= 4 is 40.0 Å². The molecule has 30 heavy (non-hydrogen) atoms. The van der Waals surface area contributed by atoms with Crippen molar-refractivity contribution < 1.29 is 22.8 Å². The van der Waals surface area contributed by atoms with Gasteiger partial charge in [-0.15, -0.1) is 0 Å². The van der Waals surface area contributed by atoms with Crippen LogP contribution in [0.1, 0.15) is 22.8 Å². The van der Waals surface area contributed by atoms with Gasteiger partial charge in [0.2, 0.25) is 5.91 Å². The van der Waals surface area contributed by atoms with E-state index in [1.54, 1.807) is 37.3 Å². The van der Waals surface area contributed by atoms with E-state index in [1.807, 2.05) is 0 Å². The van der Waals surface area contributed by atoms with Crippen molar-refractivity contribution in [3.8, 4) is 0 Å². The second-order valence-electron chi connectivity index (χ2n) is 6.45. The molecule has 2 amide bonds. The predicted molar refractivity (Wildman–Crippen MR) is 108 cm³/mol. The normalized spacial score (nSPS) is 11.4. The molecule has 0 saturated heterocycles. The fraction of sp³-hybridized carbons (Fsp3) is 0.190. The Morgan fingerprint density at radius 3 is 2.53 bits per heavy atom. The summed E-state index contributed by atoms with van der Waals surface area (Å²) >= 11 is 5.86. The fourth-order valence-corrected chi connectivity index (χ4v) is 3.10. The van der Waals surface area contributed by atoms with E-state index in [1.165, 1.54) is 23.1 Å². The van der Waals surface area contributed by atoms with Crippen LogP contribution in [0.4, 0.5) is 18.9 Å². The third-order valence-electron chi connectivity index (χ3n) is 4.41. The van der Waals surface area contributed by atoms with Crippen LogP contribution in [-0.4, -0.2) is 34.8 Å². The molecule has 0 fully saturated rings. The molecule has 0 saturated carbocycles. The van der Waals surface area contributed by atoms with Gasteiger partial charge in [0, 0.05) is 17.5 Å². The van der Waals surface area contributed by atoms with Gasteiger partial charge in [-0.3, -0.25) is 9.59 Å². The third-order valence-corrected chi connectivity index (χ3v) is 4.62. The Hall–Kier alpha value is -3.13. The average molecular weight is 436 g/mol. The molecule has 3 rings (SSSR count). The Morgan fingerprint density at radius 1 is 1.10 bits per heavy atom. The maximum atomic E-state index is 13.1. The molecule has 0 radical (unpaired) electrons. The summed E-state index contributed by atoms with van der Waals surface area (Å²) in [5.41, 5.74) is -0.360. The minimum Gasteiger partial charge on any atom is -0.330 e. The van der Waals surface area contributed by atoms with Gasteiger partial charge < -0.3 is 10.2 Å². The Bertz CT molecular complexity index is 1100. The number of likely N-dealkylation sites (N-methyl/N-ethyl adjacent to an activating group) is 1. The first kappa shape index (κ1) is 21.6. The molecule has 9 heteroatoms. The minimum atomic E-state index is -4.60. The van der Waals surface area contributed by atoms with Crippen molar-refractivity contribution in [2.24, 2.45) is 0 Å². The molecule has 0 atom stereocenters. The largest absolute Gasteiger partial charge is 0.418 e. The van der Waals surface area contributed by atoms with Crippen LogP contribution in [-0.2, 0) is 11.0 Å². The number of nitrogens with one attached hydrogen (secondary N) is 1. The number of para-hydroxylation sites is 1. The highest BCUT2D eigenvalue weighted by Gasteiger charge is 2.33. The predicted octanol–water partition coefficient (Wildman–Crippen LogP) is 5.01.